The van der Waals surface area contributed by atoms with Gasteiger partial charge in [0.15, 0.2) is 0 Å². The Morgan fingerprint density at radius 3 is 2.62 bits per heavy atom. The molecule has 1 aromatic rings. The van der Waals surface area contributed by atoms with Crippen LogP contribution in [-0.4, -0.2) is 47.1 Å². The van der Waals surface area contributed by atoms with Gasteiger partial charge in [0.2, 0.25) is 10.0 Å². The number of hydrogen-bond donors (Lipinski definition) is 3. The van der Waals surface area contributed by atoms with Crippen molar-refractivity contribution in [1.82, 2.24) is 15.1 Å². The Morgan fingerprint density at radius 2 is 1.97 bits per heavy atom. The summed E-state index contributed by atoms with van der Waals surface area (Å²) in [7, 11) is -3.85. The highest BCUT2D eigenvalue weighted by Crippen LogP contribution is 2.44. The topological polar surface area (TPSA) is 116 Å². The van der Waals surface area contributed by atoms with Crippen LogP contribution in [0.25, 0.3) is 0 Å². The van der Waals surface area contributed by atoms with E-state index in [2.05, 4.69) is 5.32 Å². The fraction of sp³-hybridized carbons (Fsp3) is 0.429. The van der Waals surface area contributed by atoms with E-state index in [1.807, 2.05) is 0 Å². The van der Waals surface area contributed by atoms with E-state index in [1.54, 1.807) is 17.6 Å². The molecular weight excluding hydrogens is 477 g/mol. The van der Waals surface area contributed by atoms with Crippen molar-refractivity contribution in [3.63, 3.8) is 0 Å². The molecule has 4 atom stereocenters. The molecule has 1 saturated heterocycles. The van der Waals surface area contributed by atoms with Crippen molar-refractivity contribution in [2.75, 3.05) is 0 Å². The first kappa shape index (κ1) is 23.3. The number of amides is 2. The van der Waals surface area contributed by atoms with Gasteiger partial charge in [0.1, 0.15) is 6.04 Å². The van der Waals surface area contributed by atoms with Gasteiger partial charge < -0.3 is 5.32 Å². The van der Waals surface area contributed by atoms with Crippen LogP contribution in [0.4, 0.5) is 0 Å². The molecule has 0 spiro atoms. The van der Waals surface area contributed by atoms with Crippen LogP contribution in [-0.2, 0) is 14.8 Å². The molecule has 2 unspecified atom stereocenters. The largest absolute Gasteiger partial charge is 0.322 e. The number of carbonyl (C=O) groups excluding carboxylic acids is 2. The van der Waals surface area contributed by atoms with E-state index in [0.717, 1.165) is 12.8 Å². The predicted octanol–water partition coefficient (Wildman–Crippen LogP) is 3.01. The molecule has 172 valence electrons. The Labute approximate surface area is 196 Å². The Balaban J connectivity index is 1.48. The Kier molecular flexibility index (Phi) is 6.65. The van der Waals surface area contributed by atoms with Crippen LogP contribution in [0.2, 0.25) is 10.0 Å². The summed E-state index contributed by atoms with van der Waals surface area (Å²) < 4.78 is 28.2. The number of hydrogen-bond acceptors (Lipinski definition) is 5. The van der Waals surface area contributed by atoms with Crippen molar-refractivity contribution >= 4 is 45.0 Å². The zero-order valence-electron chi connectivity index (χ0n) is 17.0. The molecule has 1 saturated carbocycles. The third-order valence-electron chi connectivity index (χ3n) is 6.36. The summed E-state index contributed by atoms with van der Waals surface area (Å²) in [5.41, 5.74) is 2.32. The number of fused-ring (bicyclic) bond motifs is 1. The fourth-order valence-electron chi connectivity index (χ4n) is 4.85. The third kappa shape index (κ3) is 4.32. The van der Waals surface area contributed by atoms with Crippen molar-refractivity contribution < 1.29 is 23.2 Å². The van der Waals surface area contributed by atoms with Gasteiger partial charge in [0, 0.05) is 16.8 Å². The highest BCUT2D eigenvalue weighted by Gasteiger charge is 2.53. The molecule has 1 aliphatic heterocycles. The van der Waals surface area contributed by atoms with Crippen LogP contribution < -0.4 is 10.8 Å². The smallest absolute Gasteiger partial charge is 0.261 e. The Hall–Kier alpha value is -1.91. The van der Waals surface area contributed by atoms with Crippen LogP contribution in [0.1, 0.15) is 42.5 Å². The van der Waals surface area contributed by atoms with Gasteiger partial charge in [-0.25, -0.2) is 13.9 Å². The number of carbonyl (C=O) groups is 2. The standard InChI is InChI=1S/C21H23Cl2N3O5S/c22-13-4-9-16(17(23)11-13)20(27)24-14-5-7-15(8-6-14)32(30,31)26-18-3-1-2-12(18)10-19(26)21(28)25-29/h4-7,9,11-12,15,18-19,29H,1-3,8,10H2,(H,24,27)(H,25,28)/t12-,15?,18-,19?/m1/s1. The van der Waals surface area contributed by atoms with Gasteiger partial charge in [-0.05, 0) is 55.9 Å². The summed E-state index contributed by atoms with van der Waals surface area (Å²) in [6.45, 7) is 0. The van der Waals surface area contributed by atoms with Crippen molar-refractivity contribution in [1.29, 1.82) is 0 Å². The summed E-state index contributed by atoms with van der Waals surface area (Å²) in [5, 5.41) is 11.6. The van der Waals surface area contributed by atoms with Gasteiger partial charge in [-0.3, -0.25) is 14.8 Å². The molecule has 11 heteroatoms. The maximum absolute atomic E-state index is 13.5. The second-order valence-electron chi connectivity index (χ2n) is 8.23. The second kappa shape index (κ2) is 9.15. The van der Waals surface area contributed by atoms with Crippen LogP contribution in [0.3, 0.4) is 0 Å². The molecule has 2 fully saturated rings. The van der Waals surface area contributed by atoms with Crippen molar-refractivity contribution in [3.05, 3.63) is 57.7 Å². The molecule has 0 radical (unpaired) electrons. The molecule has 3 aliphatic rings. The number of benzene rings is 1. The Bertz CT molecular complexity index is 1100. The molecule has 1 aromatic carbocycles. The Morgan fingerprint density at radius 1 is 1.19 bits per heavy atom. The number of rotatable bonds is 5. The van der Waals surface area contributed by atoms with E-state index in [1.165, 1.54) is 28.6 Å². The fourth-order valence-corrected chi connectivity index (χ4v) is 7.47. The van der Waals surface area contributed by atoms with E-state index >= 15 is 0 Å². The second-order valence-corrected chi connectivity index (χ2v) is 11.1. The maximum atomic E-state index is 13.5. The average Bonchev–Trinajstić information content (AvgIpc) is 3.34. The van der Waals surface area contributed by atoms with Crippen molar-refractivity contribution in [2.24, 2.45) is 5.92 Å². The molecule has 8 nitrogen and oxygen atoms in total. The average molecular weight is 500 g/mol. The van der Waals surface area contributed by atoms with E-state index in [9.17, 15) is 18.0 Å². The lowest BCUT2D eigenvalue weighted by Gasteiger charge is -2.31. The van der Waals surface area contributed by atoms with E-state index in [4.69, 9.17) is 28.4 Å². The number of nitrogens with one attached hydrogen (secondary N) is 2. The summed E-state index contributed by atoms with van der Waals surface area (Å²) in [4.78, 5) is 24.7. The van der Waals surface area contributed by atoms with E-state index < -0.39 is 33.1 Å². The molecule has 4 rings (SSSR count). The SMILES string of the molecule is O=C(NC1=CCC(S(=O)(=O)N2C(C(=O)NO)C[C@H]3CCC[C@H]32)C=C1)c1ccc(Cl)cc1Cl. The first-order valence-electron chi connectivity index (χ1n) is 10.3. The third-order valence-corrected chi connectivity index (χ3v) is 9.14. The number of allylic oxidation sites excluding steroid dienone is 2. The van der Waals surface area contributed by atoms with Gasteiger partial charge in [-0.2, -0.15) is 4.31 Å². The molecule has 3 N–H and O–H groups in total. The normalized spacial score (nSPS) is 27.7. The lowest BCUT2D eigenvalue weighted by molar-refractivity contribution is -0.132. The minimum atomic E-state index is -3.85. The highest BCUT2D eigenvalue weighted by molar-refractivity contribution is 7.90. The van der Waals surface area contributed by atoms with Crippen LogP contribution >= 0.6 is 23.2 Å². The van der Waals surface area contributed by atoms with Gasteiger partial charge in [0.05, 0.1) is 15.8 Å². The number of halogens is 2. The molecular formula is C21H23Cl2N3O5S. The van der Waals surface area contributed by atoms with Gasteiger partial charge in [-0.1, -0.05) is 41.8 Å². The minimum absolute atomic E-state index is 0.120. The van der Waals surface area contributed by atoms with Gasteiger partial charge in [0.25, 0.3) is 11.8 Å². The first-order valence-corrected chi connectivity index (χ1v) is 12.6. The van der Waals surface area contributed by atoms with Crippen LogP contribution in [0.5, 0.6) is 0 Å². The number of nitrogens with zero attached hydrogens (tertiary/aromatic N) is 1. The molecule has 32 heavy (non-hydrogen) atoms. The quantitative estimate of drug-likeness (QED) is 0.425. The van der Waals surface area contributed by atoms with Crippen molar-refractivity contribution in [2.45, 2.75) is 49.4 Å². The van der Waals surface area contributed by atoms with Crippen LogP contribution in [0, 0.1) is 5.92 Å². The summed E-state index contributed by atoms with van der Waals surface area (Å²) in [5.74, 6) is -1.02. The molecule has 2 aliphatic carbocycles. The molecule has 1 heterocycles. The summed E-state index contributed by atoms with van der Waals surface area (Å²) >= 11 is 11.9. The van der Waals surface area contributed by atoms with Crippen LogP contribution in [0.15, 0.2) is 42.1 Å². The monoisotopic (exact) mass is 499 g/mol. The van der Waals surface area contributed by atoms with Crippen molar-refractivity contribution in [3.8, 4) is 0 Å². The van der Waals surface area contributed by atoms with E-state index in [0.29, 0.717) is 23.6 Å². The van der Waals surface area contributed by atoms with Gasteiger partial charge in [-0.15, -0.1) is 0 Å². The predicted molar refractivity (Wildman–Crippen MR) is 120 cm³/mol. The molecule has 0 aromatic heterocycles. The number of hydroxylamine groups is 1. The number of sulfonamides is 1. The van der Waals surface area contributed by atoms with Gasteiger partial charge >= 0.3 is 0 Å². The van der Waals surface area contributed by atoms with E-state index in [-0.39, 0.29) is 29.0 Å². The molecule has 0 bridgehead atoms. The lowest BCUT2D eigenvalue weighted by Crippen LogP contribution is -2.51. The zero-order chi connectivity index (χ0) is 23.0. The summed E-state index contributed by atoms with van der Waals surface area (Å²) in [6, 6.07) is 3.40. The summed E-state index contributed by atoms with van der Waals surface area (Å²) in [6.07, 6.45) is 7.73. The zero-order valence-corrected chi connectivity index (χ0v) is 19.3. The lowest BCUT2D eigenvalue weighted by atomic mass is 10.0. The maximum Gasteiger partial charge on any atom is 0.261 e. The molecule has 2 amide bonds. The highest BCUT2D eigenvalue weighted by atomic mass is 35.5. The first-order chi connectivity index (χ1) is 15.2. The minimum Gasteiger partial charge on any atom is -0.322 e.